The van der Waals surface area contributed by atoms with E-state index in [2.05, 4.69) is 55.1 Å². The highest BCUT2D eigenvalue weighted by atomic mass is 16.5. The van der Waals surface area contributed by atoms with Crippen LogP contribution in [0.25, 0.3) is 49.6 Å². The van der Waals surface area contributed by atoms with Gasteiger partial charge in [-0.05, 0) is 55.5 Å². The molecule has 0 N–H and O–H groups in total. The third-order valence-electron chi connectivity index (χ3n) is 7.90. The summed E-state index contributed by atoms with van der Waals surface area (Å²) in [6.45, 7) is 2.02. The van der Waals surface area contributed by atoms with Gasteiger partial charge in [-0.25, -0.2) is 0 Å². The molecule has 162 valence electrons. The number of pyridine rings is 3. The summed E-state index contributed by atoms with van der Waals surface area (Å²) in [5.41, 5.74) is 6.68. The van der Waals surface area contributed by atoms with Crippen LogP contribution in [0.5, 0.6) is 11.6 Å². The molecule has 0 fully saturated rings. The second kappa shape index (κ2) is 4.84. The molecular formula is C27H15N6O2+3. The van der Waals surface area contributed by atoms with Crippen molar-refractivity contribution >= 4 is 43.9 Å². The van der Waals surface area contributed by atoms with Gasteiger partial charge in [0.2, 0.25) is 27.2 Å². The number of nitrogens with zero attached hydrogens (tertiary/aromatic N) is 6. The van der Waals surface area contributed by atoms with Crippen molar-refractivity contribution in [1.29, 1.82) is 0 Å². The first kappa shape index (κ1) is 16.7. The van der Waals surface area contributed by atoms with Crippen LogP contribution in [0.15, 0.2) is 77.7 Å². The van der Waals surface area contributed by atoms with Gasteiger partial charge in [-0.3, -0.25) is 4.79 Å². The molecule has 0 bridgehead atoms. The number of hydrogen-bond donors (Lipinski definition) is 0. The van der Waals surface area contributed by atoms with E-state index in [0.29, 0.717) is 11.1 Å². The maximum Gasteiger partial charge on any atom is 0.438 e. The van der Waals surface area contributed by atoms with Crippen LogP contribution < -0.4 is 24.3 Å². The molecule has 8 heteroatoms. The summed E-state index contributed by atoms with van der Waals surface area (Å²) in [5, 5.41) is 8.59. The van der Waals surface area contributed by atoms with E-state index in [1.807, 2.05) is 43.3 Å². The van der Waals surface area contributed by atoms with E-state index in [-0.39, 0.29) is 10.2 Å². The van der Waals surface area contributed by atoms with Gasteiger partial charge in [0.25, 0.3) is 0 Å². The number of aromatic nitrogens is 5. The lowest BCUT2D eigenvalue weighted by molar-refractivity contribution is -1.05. The smallest absolute Gasteiger partial charge is 0.394 e. The van der Waals surface area contributed by atoms with Gasteiger partial charge in [-0.15, -0.1) is 5.10 Å². The molecule has 1 unspecified atom stereocenters. The van der Waals surface area contributed by atoms with Crippen LogP contribution in [-0.4, -0.2) is 14.3 Å². The number of rotatable bonds is 0. The fraction of sp³-hybridized carbons (Fsp3) is 0.0370. The average Bonchev–Trinajstić information content (AvgIpc) is 3.51. The SMILES string of the molecule is Cc1cc2n(n1)[N+]13c4c(ccc5c(=O)c6cccc7c8ccc[n+]1c8n(c45)c67)Oc1cccc-2[n+]13. The minimum atomic E-state index is 0.0375. The molecule has 0 amide bonds. The molecule has 0 aliphatic carbocycles. The molecule has 8 heterocycles. The van der Waals surface area contributed by atoms with Gasteiger partial charge in [-0.1, -0.05) is 6.07 Å². The van der Waals surface area contributed by atoms with Crippen molar-refractivity contribution < 1.29 is 14.1 Å². The molecular weight excluding hydrogens is 440 g/mol. The second-order valence-corrected chi connectivity index (χ2v) is 9.56. The van der Waals surface area contributed by atoms with Crippen molar-refractivity contribution in [3.63, 3.8) is 0 Å². The quantitative estimate of drug-likeness (QED) is 0.200. The molecule has 1 spiro atoms. The van der Waals surface area contributed by atoms with Crippen LogP contribution in [0, 0.1) is 6.92 Å². The van der Waals surface area contributed by atoms with Gasteiger partial charge in [0, 0.05) is 20.9 Å². The van der Waals surface area contributed by atoms with E-state index < -0.39 is 0 Å². The number of quaternary nitrogens is 1. The lowest BCUT2D eigenvalue weighted by Crippen LogP contribution is -2.88. The number of fused-ring (bicyclic) bond motifs is 3. The molecule has 3 aliphatic rings. The predicted octanol–water partition coefficient (Wildman–Crippen LogP) is 3.37. The standard InChI is InChI=1S/C27H15N6O2/c1-14-13-20-19-8-3-9-22-31(19)33(32(20)28-14)25-21(35-22)11-10-18-24(25)30-23-15(5-2-6-17(23)26(18)34)16-7-4-12-29(33)27(16)30/h2-13H,1H3/q+3. The third kappa shape index (κ3) is 1.44. The zero-order chi connectivity index (χ0) is 22.8. The van der Waals surface area contributed by atoms with Crippen molar-refractivity contribution in [2.45, 2.75) is 6.92 Å². The number of benzene rings is 2. The van der Waals surface area contributed by atoms with Crippen molar-refractivity contribution in [3.05, 3.63) is 88.8 Å². The molecule has 35 heavy (non-hydrogen) atoms. The van der Waals surface area contributed by atoms with E-state index >= 15 is 0 Å². The highest BCUT2D eigenvalue weighted by Gasteiger charge is 2.70. The molecule has 7 aromatic rings. The molecule has 3 aliphatic heterocycles. The Morgan fingerprint density at radius 1 is 0.914 bits per heavy atom. The van der Waals surface area contributed by atoms with Gasteiger partial charge in [0.1, 0.15) is 4.68 Å². The first-order chi connectivity index (χ1) is 17.2. The van der Waals surface area contributed by atoms with Crippen molar-refractivity contribution in [1.82, 2.24) is 19.1 Å². The molecule has 10 rings (SSSR count). The fourth-order valence-electron chi connectivity index (χ4n) is 6.75. The van der Waals surface area contributed by atoms with Crippen LogP contribution in [0.2, 0.25) is 0 Å². The molecule has 0 saturated carbocycles. The van der Waals surface area contributed by atoms with E-state index in [4.69, 9.17) is 9.84 Å². The normalized spacial score (nSPS) is 18.3. The topological polar surface area (TPSA) is 56.3 Å². The predicted molar refractivity (Wildman–Crippen MR) is 128 cm³/mol. The fourth-order valence-corrected chi connectivity index (χ4v) is 6.75. The second-order valence-electron chi connectivity index (χ2n) is 9.56. The summed E-state index contributed by atoms with van der Waals surface area (Å²) in [4.78, 5) is 16.0. The Morgan fingerprint density at radius 2 is 1.74 bits per heavy atom. The summed E-state index contributed by atoms with van der Waals surface area (Å²) in [6.07, 6.45) is 2.10. The Labute approximate surface area is 196 Å². The van der Waals surface area contributed by atoms with Gasteiger partial charge in [-0.2, -0.15) is 4.40 Å². The largest absolute Gasteiger partial charge is 0.438 e. The Hall–Kier alpha value is -4.82. The summed E-state index contributed by atoms with van der Waals surface area (Å²) in [6, 6.07) is 22.3. The Morgan fingerprint density at radius 3 is 2.69 bits per heavy atom. The molecule has 0 radical (unpaired) electrons. The molecule has 2 aromatic carbocycles. The lowest BCUT2D eigenvalue weighted by atomic mass is 10.1. The number of aryl methyl sites for hydroxylation is 1. The van der Waals surface area contributed by atoms with Crippen LogP contribution in [-0.2, 0) is 0 Å². The average molecular weight is 455 g/mol. The van der Waals surface area contributed by atoms with Gasteiger partial charge >= 0.3 is 22.9 Å². The van der Waals surface area contributed by atoms with Crippen molar-refractivity contribution in [2.75, 3.05) is 0 Å². The zero-order valence-electron chi connectivity index (χ0n) is 18.4. The highest BCUT2D eigenvalue weighted by Crippen LogP contribution is 2.50. The Balaban J connectivity index is 1.64. The summed E-state index contributed by atoms with van der Waals surface area (Å²) in [7, 11) is 0. The lowest BCUT2D eigenvalue weighted by Gasteiger charge is -2.28. The molecule has 1 atom stereocenters. The van der Waals surface area contributed by atoms with E-state index in [1.54, 1.807) is 0 Å². The summed E-state index contributed by atoms with van der Waals surface area (Å²) < 4.78 is 13.2. The highest BCUT2D eigenvalue weighted by molar-refractivity contribution is 6.17. The summed E-state index contributed by atoms with van der Waals surface area (Å²) in [5.74, 6) is 1.43. The van der Waals surface area contributed by atoms with Gasteiger partial charge in [0.05, 0.1) is 27.9 Å². The molecule has 8 nitrogen and oxygen atoms in total. The minimum Gasteiger partial charge on any atom is -0.394 e. The minimum absolute atomic E-state index is 0.0375. The van der Waals surface area contributed by atoms with Crippen LogP contribution in [0.4, 0.5) is 5.69 Å². The summed E-state index contributed by atoms with van der Waals surface area (Å²) >= 11 is 0. The van der Waals surface area contributed by atoms with E-state index in [9.17, 15) is 4.79 Å². The van der Waals surface area contributed by atoms with Crippen LogP contribution >= 0.6 is 0 Å². The van der Waals surface area contributed by atoms with Crippen molar-refractivity contribution in [2.24, 2.45) is 0 Å². The monoisotopic (exact) mass is 455 g/mol. The first-order valence-corrected chi connectivity index (χ1v) is 11.6. The maximum absolute atomic E-state index is 13.9. The van der Waals surface area contributed by atoms with E-state index in [0.717, 1.165) is 61.5 Å². The van der Waals surface area contributed by atoms with Crippen molar-refractivity contribution in [3.8, 4) is 23.0 Å². The zero-order valence-corrected chi connectivity index (χ0v) is 18.4. The number of hydrogen-bond acceptors (Lipinski definition) is 3. The van der Waals surface area contributed by atoms with Gasteiger partial charge in [0.15, 0.2) is 11.7 Å². The van der Waals surface area contributed by atoms with E-state index in [1.165, 1.54) is 0 Å². The van der Waals surface area contributed by atoms with Gasteiger partial charge < -0.3 is 4.74 Å². The number of ether oxygens (including phenoxy) is 1. The van der Waals surface area contributed by atoms with Crippen LogP contribution in [0.1, 0.15) is 5.69 Å². The third-order valence-corrected chi connectivity index (χ3v) is 7.90. The number of para-hydroxylation sites is 1. The Kier molecular flexibility index (Phi) is 2.32. The Bertz CT molecular complexity index is 2240. The van der Waals surface area contributed by atoms with Crippen LogP contribution in [0.3, 0.4) is 0 Å². The first-order valence-electron chi connectivity index (χ1n) is 11.6. The maximum atomic E-state index is 13.9. The molecule has 0 saturated heterocycles. The molecule has 5 aromatic heterocycles.